The van der Waals surface area contributed by atoms with E-state index in [9.17, 15) is 9.59 Å². The molecule has 0 aliphatic heterocycles. The molecule has 1 N–H and O–H groups in total. The van der Waals surface area contributed by atoms with Crippen LogP contribution in [0, 0.1) is 6.92 Å². The summed E-state index contributed by atoms with van der Waals surface area (Å²) in [5, 5.41) is 3.45. The van der Waals surface area contributed by atoms with Crippen molar-refractivity contribution < 1.29 is 9.59 Å². The zero-order valence-electron chi connectivity index (χ0n) is 14.1. The molecule has 24 heavy (non-hydrogen) atoms. The maximum Gasteiger partial charge on any atom is 0.244 e. The number of nitrogens with zero attached hydrogens (tertiary/aromatic N) is 1. The van der Waals surface area contributed by atoms with Crippen LogP contribution in [0.2, 0.25) is 5.02 Å². The van der Waals surface area contributed by atoms with Gasteiger partial charge in [-0.1, -0.05) is 42.8 Å². The first kappa shape index (κ1) is 18.0. The lowest BCUT2D eigenvalue weighted by Crippen LogP contribution is -2.37. The second-order valence-corrected chi connectivity index (χ2v) is 5.96. The van der Waals surface area contributed by atoms with Crippen LogP contribution in [0.1, 0.15) is 25.0 Å². The van der Waals surface area contributed by atoms with Gasteiger partial charge in [-0.2, -0.15) is 0 Å². The van der Waals surface area contributed by atoms with E-state index in [0.29, 0.717) is 10.7 Å². The molecule has 2 aromatic rings. The number of hydrogen-bond acceptors (Lipinski definition) is 2. The number of aryl methyl sites for hydroxylation is 1. The summed E-state index contributed by atoms with van der Waals surface area (Å²) in [5.41, 5.74) is 3.25. The number of nitrogens with one attached hydrogen (secondary N) is 1. The van der Waals surface area contributed by atoms with E-state index >= 15 is 0 Å². The fourth-order valence-corrected chi connectivity index (χ4v) is 2.71. The van der Waals surface area contributed by atoms with Crippen LogP contribution >= 0.6 is 11.6 Å². The molecule has 5 heteroatoms. The van der Waals surface area contributed by atoms with E-state index in [0.717, 1.165) is 23.2 Å². The predicted octanol–water partition coefficient (Wildman–Crippen LogP) is 4.20. The van der Waals surface area contributed by atoms with Gasteiger partial charge < -0.3 is 10.2 Å². The SMILES string of the molecule is CCc1ccccc1NC(=O)CN(C(C)=O)c1cccc(Cl)c1C. The summed E-state index contributed by atoms with van der Waals surface area (Å²) >= 11 is 6.13. The highest BCUT2D eigenvalue weighted by Gasteiger charge is 2.19. The number of halogens is 1. The van der Waals surface area contributed by atoms with Crippen LogP contribution in [0.4, 0.5) is 11.4 Å². The maximum atomic E-state index is 12.4. The Morgan fingerprint density at radius 2 is 1.83 bits per heavy atom. The largest absolute Gasteiger partial charge is 0.324 e. The van der Waals surface area contributed by atoms with Crippen molar-refractivity contribution in [1.82, 2.24) is 0 Å². The number of carbonyl (C=O) groups excluding carboxylic acids is 2. The monoisotopic (exact) mass is 344 g/mol. The quantitative estimate of drug-likeness (QED) is 0.883. The van der Waals surface area contributed by atoms with Crippen molar-refractivity contribution in [3.8, 4) is 0 Å². The van der Waals surface area contributed by atoms with E-state index in [1.54, 1.807) is 18.2 Å². The topological polar surface area (TPSA) is 49.4 Å². The molecule has 2 amide bonds. The van der Waals surface area contributed by atoms with Gasteiger partial charge in [0.1, 0.15) is 6.54 Å². The van der Waals surface area contributed by atoms with Gasteiger partial charge in [-0.3, -0.25) is 9.59 Å². The van der Waals surface area contributed by atoms with Gasteiger partial charge in [-0.15, -0.1) is 0 Å². The summed E-state index contributed by atoms with van der Waals surface area (Å²) in [6, 6.07) is 13.0. The highest BCUT2D eigenvalue weighted by molar-refractivity contribution is 6.31. The lowest BCUT2D eigenvalue weighted by molar-refractivity contribution is -0.120. The first-order chi connectivity index (χ1) is 11.4. The Hall–Kier alpha value is -2.33. The van der Waals surface area contributed by atoms with Crippen molar-refractivity contribution in [2.24, 2.45) is 0 Å². The number of amides is 2. The molecule has 0 saturated carbocycles. The fourth-order valence-electron chi connectivity index (χ4n) is 2.54. The number of benzene rings is 2. The zero-order chi connectivity index (χ0) is 17.7. The summed E-state index contributed by atoms with van der Waals surface area (Å²) < 4.78 is 0. The molecule has 0 unspecified atom stereocenters. The molecule has 0 spiro atoms. The summed E-state index contributed by atoms with van der Waals surface area (Å²) in [5.74, 6) is -0.454. The molecule has 0 atom stereocenters. The molecule has 0 aliphatic rings. The van der Waals surface area contributed by atoms with E-state index < -0.39 is 0 Å². The number of rotatable bonds is 5. The van der Waals surface area contributed by atoms with Gasteiger partial charge >= 0.3 is 0 Å². The summed E-state index contributed by atoms with van der Waals surface area (Å²) in [6.07, 6.45) is 0.820. The van der Waals surface area contributed by atoms with Crippen LogP contribution in [0.25, 0.3) is 0 Å². The minimum Gasteiger partial charge on any atom is -0.324 e. The third-order valence-electron chi connectivity index (χ3n) is 3.88. The number of carbonyl (C=O) groups is 2. The molecule has 0 aromatic heterocycles. The minimum absolute atomic E-state index is 0.0609. The standard InChI is InChI=1S/C19H21ClN2O2/c1-4-15-8-5-6-10-17(15)21-19(24)12-22(14(3)23)18-11-7-9-16(20)13(18)2/h5-11H,4,12H2,1-3H3,(H,21,24). The number of para-hydroxylation sites is 1. The van der Waals surface area contributed by atoms with Crippen LogP contribution in [0.5, 0.6) is 0 Å². The lowest BCUT2D eigenvalue weighted by atomic mass is 10.1. The van der Waals surface area contributed by atoms with Crippen molar-refractivity contribution in [3.05, 3.63) is 58.6 Å². The molecule has 0 saturated heterocycles. The van der Waals surface area contributed by atoms with Crippen LogP contribution in [0.15, 0.2) is 42.5 Å². The van der Waals surface area contributed by atoms with Crippen molar-refractivity contribution in [2.75, 3.05) is 16.8 Å². The van der Waals surface area contributed by atoms with Crippen LogP contribution < -0.4 is 10.2 Å². The van der Waals surface area contributed by atoms with E-state index in [2.05, 4.69) is 5.32 Å². The first-order valence-corrected chi connectivity index (χ1v) is 8.22. The summed E-state index contributed by atoms with van der Waals surface area (Å²) in [6.45, 7) is 5.24. The molecule has 0 bridgehead atoms. The Balaban J connectivity index is 2.20. The van der Waals surface area contributed by atoms with Gasteiger partial charge in [0.25, 0.3) is 0 Å². The van der Waals surface area contributed by atoms with E-state index in [1.807, 2.05) is 38.1 Å². The Morgan fingerprint density at radius 1 is 1.12 bits per heavy atom. The Kier molecular flexibility index (Phi) is 5.99. The maximum absolute atomic E-state index is 12.4. The van der Waals surface area contributed by atoms with E-state index in [-0.39, 0.29) is 18.4 Å². The second kappa shape index (κ2) is 7.97. The molecule has 0 heterocycles. The normalized spacial score (nSPS) is 10.3. The predicted molar refractivity (Wildman–Crippen MR) is 98.7 cm³/mol. The smallest absolute Gasteiger partial charge is 0.244 e. The lowest BCUT2D eigenvalue weighted by Gasteiger charge is -2.23. The third-order valence-corrected chi connectivity index (χ3v) is 4.29. The molecular weight excluding hydrogens is 324 g/mol. The first-order valence-electron chi connectivity index (χ1n) is 7.85. The Labute approximate surface area is 147 Å². The molecular formula is C19H21ClN2O2. The average molecular weight is 345 g/mol. The van der Waals surface area contributed by atoms with Gasteiger partial charge in [-0.05, 0) is 42.7 Å². The van der Waals surface area contributed by atoms with Gasteiger partial charge in [0.15, 0.2) is 0 Å². The van der Waals surface area contributed by atoms with Crippen molar-refractivity contribution in [1.29, 1.82) is 0 Å². The molecule has 126 valence electrons. The third kappa shape index (κ3) is 4.15. The minimum atomic E-state index is -0.245. The zero-order valence-corrected chi connectivity index (χ0v) is 14.9. The molecule has 2 rings (SSSR count). The van der Waals surface area contributed by atoms with E-state index in [1.165, 1.54) is 11.8 Å². The van der Waals surface area contributed by atoms with Gasteiger partial charge in [-0.25, -0.2) is 0 Å². The van der Waals surface area contributed by atoms with Crippen LogP contribution in [0.3, 0.4) is 0 Å². The highest BCUT2D eigenvalue weighted by atomic mass is 35.5. The van der Waals surface area contributed by atoms with Crippen LogP contribution in [-0.4, -0.2) is 18.4 Å². The highest BCUT2D eigenvalue weighted by Crippen LogP contribution is 2.26. The van der Waals surface area contributed by atoms with Gasteiger partial charge in [0, 0.05) is 23.3 Å². The fraction of sp³-hybridized carbons (Fsp3) is 0.263. The molecule has 0 radical (unpaired) electrons. The number of anilines is 2. The second-order valence-electron chi connectivity index (χ2n) is 5.55. The Bertz CT molecular complexity index is 759. The molecule has 0 aliphatic carbocycles. The van der Waals surface area contributed by atoms with Crippen molar-refractivity contribution in [2.45, 2.75) is 27.2 Å². The number of hydrogen-bond donors (Lipinski definition) is 1. The Morgan fingerprint density at radius 3 is 2.50 bits per heavy atom. The molecule has 0 fully saturated rings. The summed E-state index contributed by atoms with van der Waals surface area (Å²) in [7, 11) is 0. The van der Waals surface area contributed by atoms with Crippen LogP contribution in [-0.2, 0) is 16.0 Å². The van der Waals surface area contributed by atoms with Gasteiger partial charge in [0.05, 0.1) is 0 Å². The molecule has 2 aromatic carbocycles. The van der Waals surface area contributed by atoms with Crippen molar-refractivity contribution >= 4 is 34.8 Å². The van der Waals surface area contributed by atoms with Crippen molar-refractivity contribution in [3.63, 3.8) is 0 Å². The summed E-state index contributed by atoms with van der Waals surface area (Å²) in [4.78, 5) is 25.9. The van der Waals surface area contributed by atoms with E-state index in [4.69, 9.17) is 11.6 Å². The average Bonchev–Trinajstić information content (AvgIpc) is 2.56. The van der Waals surface area contributed by atoms with Gasteiger partial charge in [0.2, 0.25) is 11.8 Å². The molecule has 4 nitrogen and oxygen atoms in total.